The number of aryl methyl sites for hydroxylation is 1. The van der Waals surface area contributed by atoms with E-state index in [-0.39, 0.29) is 0 Å². The van der Waals surface area contributed by atoms with E-state index in [9.17, 15) is 0 Å². The van der Waals surface area contributed by atoms with E-state index in [2.05, 4.69) is 48.4 Å². The summed E-state index contributed by atoms with van der Waals surface area (Å²) in [5, 5.41) is 4.43. The van der Waals surface area contributed by atoms with Gasteiger partial charge in [-0.05, 0) is 17.7 Å². The van der Waals surface area contributed by atoms with Crippen LogP contribution in [0.15, 0.2) is 46.7 Å². The quantitative estimate of drug-likeness (QED) is 0.897. The van der Waals surface area contributed by atoms with Gasteiger partial charge >= 0.3 is 0 Å². The Bertz CT molecular complexity index is 488. The van der Waals surface area contributed by atoms with Crippen LogP contribution in [0.1, 0.15) is 19.4 Å². The normalized spacial score (nSPS) is 11.1. The number of hydrogen-bond acceptors (Lipinski definition) is 3. The van der Waals surface area contributed by atoms with Crippen LogP contribution in [0, 0.1) is 0 Å². The molecule has 2 rings (SSSR count). The second kappa shape index (κ2) is 6.07. The Balaban J connectivity index is 1.97. The van der Waals surface area contributed by atoms with E-state index in [0.717, 1.165) is 11.7 Å². The molecule has 0 atom stereocenters. The summed E-state index contributed by atoms with van der Waals surface area (Å²) in [6.07, 6.45) is 3.78. The van der Waals surface area contributed by atoms with Crippen molar-refractivity contribution in [2.75, 3.05) is 0 Å². The zero-order valence-electron chi connectivity index (χ0n) is 11.1. The van der Waals surface area contributed by atoms with Crippen molar-refractivity contribution < 1.29 is 0 Å². The molecule has 4 heteroatoms. The van der Waals surface area contributed by atoms with Crippen molar-refractivity contribution in [3.05, 3.63) is 42.2 Å². The summed E-state index contributed by atoms with van der Waals surface area (Å²) in [5.41, 5.74) is 1.31. The van der Waals surface area contributed by atoms with Crippen LogP contribution in [-0.4, -0.2) is 15.6 Å². The molecule has 0 spiro atoms. The Morgan fingerprint density at radius 1 is 1.28 bits per heavy atom. The first-order valence-electron chi connectivity index (χ1n) is 6.12. The van der Waals surface area contributed by atoms with Crippen molar-refractivity contribution in [1.82, 2.24) is 14.9 Å². The van der Waals surface area contributed by atoms with Gasteiger partial charge in [0.25, 0.3) is 0 Å². The Morgan fingerprint density at radius 2 is 2.00 bits per heavy atom. The molecule has 1 heterocycles. The summed E-state index contributed by atoms with van der Waals surface area (Å²) in [7, 11) is 2.01. The van der Waals surface area contributed by atoms with Gasteiger partial charge in [0.2, 0.25) is 0 Å². The van der Waals surface area contributed by atoms with Crippen LogP contribution in [-0.2, 0) is 13.6 Å². The van der Waals surface area contributed by atoms with Gasteiger partial charge in [-0.1, -0.05) is 37.7 Å². The van der Waals surface area contributed by atoms with E-state index < -0.39 is 0 Å². The van der Waals surface area contributed by atoms with E-state index in [4.69, 9.17) is 0 Å². The monoisotopic (exact) mass is 261 g/mol. The zero-order chi connectivity index (χ0) is 13.0. The highest BCUT2D eigenvalue weighted by atomic mass is 32.2. The molecule has 0 saturated heterocycles. The summed E-state index contributed by atoms with van der Waals surface area (Å²) < 4.78 is 2.03. The molecule has 0 aliphatic rings. The summed E-state index contributed by atoms with van der Waals surface area (Å²) in [6.45, 7) is 5.24. The van der Waals surface area contributed by atoms with E-state index in [0.29, 0.717) is 6.04 Å². The molecule has 18 heavy (non-hydrogen) atoms. The first-order chi connectivity index (χ1) is 8.65. The lowest BCUT2D eigenvalue weighted by Crippen LogP contribution is -2.21. The Hall–Kier alpha value is -1.26. The average molecular weight is 261 g/mol. The molecule has 1 N–H and O–H groups in total. The number of benzene rings is 1. The fraction of sp³-hybridized carbons (Fsp3) is 0.357. The highest BCUT2D eigenvalue weighted by molar-refractivity contribution is 7.99. The Kier molecular flexibility index (Phi) is 4.44. The number of aromatic nitrogens is 2. The maximum Gasteiger partial charge on any atom is 0.172 e. The van der Waals surface area contributed by atoms with Gasteiger partial charge in [0.15, 0.2) is 5.16 Å². The fourth-order valence-electron chi connectivity index (χ4n) is 1.55. The topological polar surface area (TPSA) is 29.9 Å². The maximum atomic E-state index is 4.31. The van der Waals surface area contributed by atoms with Crippen molar-refractivity contribution in [2.45, 2.75) is 36.5 Å². The predicted octanol–water partition coefficient (Wildman–Crippen LogP) is 3.07. The van der Waals surface area contributed by atoms with Crippen LogP contribution >= 0.6 is 11.8 Å². The van der Waals surface area contributed by atoms with E-state index in [1.54, 1.807) is 11.8 Å². The summed E-state index contributed by atoms with van der Waals surface area (Å²) in [5.74, 6) is 0. The predicted molar refractivity (Wildman–Crippen MR) is 75.7 cm³/mol. The highest BCUT2D eigenvalue weighted by Crippen LogP contribution is 2.25. The third-order valence-electron chi connectivity index (χ3n) is 2.62. The Morgan fingerprint density at radius 3 is 2.56 bits per heavy atom. The SMILES string of the molecule is CC(C)NCc1ccc(Sc2nccn2C)cc1. The van der Waals surface area contributed by atoms with Crippen LogP contribution in [0.3, 0.4) is 0 Å². The van der Waals surface area contributed by atoms with Crippen molar-refractivity contribution in [3.63, 3.8) is 0 Å². The molecule has 0 aliphatic carbocycles. The first-order valence-corrected chi connectivity index (χ1v) is 6.94. The van der Waals surface area contributed by atoms with Gasteiger partial charge in [-0.3, -0.25) is 0 Å². The molecule has 2 aromatic rings. The van der Waals surface area contributed by atoms with E-state index in [1.807, 2.05) is 24.0 Å². The molecule has 0 unspecified atom stereocenters. The minimum atomic E-state index is 0.520. The zero-order valence-corrected chi connectivity index (χ0v) is 11.9. The van der Waals surface area contributed by atoms with Crippen LogP contribution in [0.4, 0.5) is 0 Å². The molecule has 0 radical (unpaired) electrons. The van der Waals surface area contributed by atoms with Gasteiger partial charge in [-0.2, -0.15) is 0 Å². The lowest BCUT2D eigenvalue weighted by Gasteiger charge is -2.08. The van der Waals surface area contributed by atoms with Gasteiger partial charge in [0.1, 0.15) is 0 Å². The van der Waals surface area contributed by atoms with Crippen LogP contribution in [0.5, 0.6) is 0 Å². The van der Waals surface area contributed by atoms with Crippen molar-refractivity contribution in [2.24, 2.45) is 7.05 Å². The van der Waals surface area contributed by atoms with Crippen molar-refractivity contribution in [1.29, 1.82) is 0 Å². The van der Waals surface area contributed by atoms with Gasteiger partial charge in [-0.25, -0.2) is 4.98 Å². The van der Waals surface area contributed by atoms with Crippen molar-refractivity contribution in [3.8, 4) is 0 Å². The second-order valence-corrected chi connectivity index (χ2v) is 5.64. The molecular formula is C14H19N3S. The van der Waals surface area contributed by atoms with Gasteiger partial charge in [0, 0.05) is 36.9 Å². The van der Waals surface area contributed by atoms with Crippen LogP contribution in [0.2, 0.25) is 0 Å². The van der Waals surface area contributed by atoms with E-state index in [1.165, 1.54) is 10.5 Å². The molecule has 1 aromatic heterocycles. The molecule has 1 aromatic carbocycles. The van der Waals surface area contributed by atoms with Gasteiger partial charge in [0.05, 0.1) is 0 Å². The average Bonchev–Trinajstić information content (AvgIpc) is 2.74. The standard InChI is InChI=1S/C14H19N3S/c1-11(2)16-10-12-4-6-13(7-5-12)18-14-15-8-9-17(14)3/h4-9,11,16H,10H2,1-3H3. The minimum absolute atomic E-state index is 0.520. The molecule has 0 fully saturated rings. The van der Waals surface area contributed by atoms with Gasteiger partial charge in [-0.15, -0.1) is 0 Å². The number of nitrogens with zero attached hydrogens (tertiary/aromatic N) is 2. The molecule has 3 nitrogen and oxygen atoms in total. The lowest BCUT2D eigenvalue weighted by molar-refractivity contribution is 0.588. The third-order valence-corrected chi connectivity index (χ3v) is 3.71. The summed E-state index contributed by atoms with van der Waals surface area (Å²) in [6, 6.07) is 9.15. The first kappa shape index (κ1) is 13.2. The highest BCUT2D eigenvalue weighted by Gasteiger charge is 2.02. The molecule has 0 saturated carbocycles. The smallest absolute Gasteiger partial charge is 0.172 e. The summed E-state index contributed by atoms with van der Waals surface area (Å²) >= 11 is 1.69. The lowest BCUT2D eigenvalue weighted by atomic mass is 10.2. The number of nitrogens with one attached hydrogen (secondary N) is 1. The minimum Gasteiger partial charge on any atom is -0.329 e. The van der Waals surface area contributed by atoms with E-state index >= 15 is 0 Å². The molecule has 0 bridgehead atoms. The third kappa shape index (κ3) is 3.62. The summed E-state index contributed by atoms with van der Waals surface area (Å²) in [4.78, 5) is 5.53. The molecule has 96 valence electrons. The molecule has 0 aliphatic heterocycles. The number of imidazole rings is 1. The maximum absolute atomic E-state index is 4.31. The number of hydrogen-bond donors (Lipinski definition) is 1. The largest absolute Gasteiger partial charge is 0.329 e. The number of rotatable bonds is 5. The van der Waals surface area contributed by atoms with Crippen molar-refractivity contribution >= 4 is 11.8 Å². The molecular weight excluding hydrogens is 242 g/mol. The Labute approximate surface area is 113 Å². The van der Waals surface area contributed by atoms with Crippen LogP contribution < -0.4 is 5.32 Å². The fourth-order valence-corrected chi connectivity index (χ4v) is 2.35. The van der Waals surface area contributed by atoms with Crippen LogP contribution in [0.25, 0.3) is 0 Å². The molecule has 0 amide bonds. The van der Waals surface area contributed by atoms with Gasteiger partial charge < -0.3 is 9.88 Å². The second-order valence-electron chi connectivity index (χ2n) is 4.60.